The molecule has 0 aliphatic rings. The van der Waals surface area contributed by atoms with Gasteiger partial charge in [-0.3, -0.25) is 9.78 Å². The molecule has 0 saturated carbocycles. The lowest BCUT2D eigenvalue weighted by Gasteiger charge is -2.07. The van der Waals surface area contributed by atoms with Gasteiger partial charge >= 0.3 is 5.97 Å². The zero-order valence-electron chi connectivity index (χ0n) is 11.0. The van der Waals surface area contributed by atoms with Crippen molar-refractivity contribution in [1.82, 2.24) is 15.3 Å². The van der Waals surface area contributed by atoms with Crippen LogP contribution in [0.15, 0.2) is 42.9 Å². The summed E-state index contributed by atoms with van der Waals surface area (Å²) in [6, 6.07) is 6.08. The SMILES string of the molecule is O=C(COC(=O)c1cnccn1)NCc1ccccc1F. The van der Waals surface area contributed by atoms with Gasteiger partial charge < -0.3 is 10.1 Å². The van der Waals surface area contributed by atoms with Crippen molar-refractivity contribution in [3.05, 3.63) is 59.9 Å². The Balaban J connectivity index is 1.78. The van der Waals surface area contributed by atoms with Crippen LogP contribution in [0.2, 0.25) is 0 Å². The van der Waals surface area contributed by atoms with Crippen LogP contribution in [-0.4, -0.2) is 28.5 Å². The number of amides is 1. The summed E-state index contributed by atoms with van der Waals surface area (Å²) in [7, 11) is 0. The van der Waals surface area contributed by atoms with Crippen LogP contribution in [0.25, 0.3) is 0 Å². The molecule has 2 aromatic rings. The number of rotatable bonds is 5. The highest BCUT2D eigenvalue weighted by Crippen LogP contribution is 2.05. The lowest BCUT2D eigenvalue weighted by Crippen LogP contribution is -2.28. The number of halogens is 1. The van der Waals surface area contributed by atoms with Crippen molar-refractivity contribution in [1.29, 1.82) is 0 Å². The van der Waals surface area contributed by atoms with E-state index in [-0.39, 0.29) is 12.2 Å². The highest BCUT2D eigenvalue weighted by molar-refractivity contribution is 5.89. The molecule has 21 heavy (non-hydrogen) atoms. The van der Waals surface area contributed by atoms with Crippen LogP contribution >= 0.6 is 0 Å². The van der Waals surface area contributed by atoms with Crippen molar-refractivity contribution in [3.63, 3.8) is 0 Å². The minimum Gasteiger partial charge on any atom is -0.451 e. The predicted molar refractivity (Wildman–Crippen MR) is 70.6 cm³/mol. The Bertz CT molecular complexity index is 634. The molecule has 1 aromatic carbocycles. The van der Waals surface area contributed by atoms with Crippen molar-refractivity contribution in [2.75, 3.05) is 6.61 Å². The van der Waals surface area contributed by atoms with E-state index < -0.39 is 24.3 Å². The standard InChI is InChI=1S/C14H12FN3O3/c15-11-4-2-1-3-10(11)7-18-13(19)9-21-14(20)12-8-16-5-6-17-12/h1-6,8H,7,9H2,(H,18,19). The fourth-order valence-electron chi connectivity index (χ4n) is 1.50. The summed E-state index contributed by atoms with van der Waals surface area (Å²) < 4.78 is 18.1. The fraction of sp³-hybridized carbons (Fsp3) is 0.143. The molecular formula is C14H12FN3O3. The molecular weight excluding hydrogens is 277 g/mol. The van der Waals surface area contributed by atoms with E-state index in [4.69, 9.17) is 4.74 Å². The molecule has 1 aromatic heterocycles. The fourth-order valence-corrected chi connectivity index (χ4v) is 1.50. The van der Waals surface area contributed by atoms with Crippen LogP contribution < -0.4 is 5.32 Å². The van der Waals surface area contributed by atoms with E-state index in [0.29, 0.717) is 5.56 Å². The highest BCUT2D eigenvalue weighted by Gasteiger charge is 2.11. The maximum atomic E-state index is 13.3. The number of benzene rings is 1. The lowest BCUT2D eigenvalue weighted by atomic mass is 10.2. The van der Waals surface area contributed by atoms with Gasteiger partial charge in [0.15, 0.2) is 12.3 Å². The van der Waals surface area contributed by atoms with Crippen LogP contribution in [0.3, 0.4) is 0 Å². The van der Waals surface area contributed by atoms with Crippen LogP contribution in [0.4, 0.5) is 4.39 Å². The summed E-state index contributed by atoms with van der Waals surface area (Å²) in [5.74, 6) is -1.69. The third-order valence-corrected chi connectivity index (χ3v) is 2.54. The Morgan fingerprint density at radius 1 is 1.24 bits per heavy atom. The molecule has 2 rings (SSSR count). The minimum absolute atomic E-state index is 0.0133. The number of hydrogen-bond donors (Lipinski definition) is 1. The first-order chi connectivity index (χ1) is 10.2. The molecule has 1 N–H and O–H groups in total. The van der Waals surface area contributed by atoms with Gasteiger partial charge in [0.25, 0.3) is 5.91 Å². The number of aromatic nitrogens is 2. The van der Waals surface area contributed by atoms with Crippen molar-refractivity contribution in [2.24, 2.45) is 0 Å². The molecule has 0 aliphatic carbocycles. The van der Waals surface area contributed by atoms with E-state index in [2.05, 4.69) is 15.3 Å². The van der Waals surface area contributed by atoms with Gasteiger partial charge in [0.2, 0.25) is 0 Å². The van der Waals surface area contributed by atoms with E-state index in [0.717, 1.165) is 0 Å². The molecule has 0 aliphatic heterocycles. The molecule has 0 unspecified atom stereocenters. The third kappa shape index (κ3) is 4.34. The average Bonchev–Trinajstić information content (AvgIpc) is 2.52. The van der Waals surface area contributed by atoms with E-state index in [1.807, 2.05) is 0 Å². The molecule has 1 heterocycles. The molecule has 7 heteroatoms. The molecule has 0 saturated heterocycles. The molecule has 108 valence electrons. The second-order valence-corrected chi connectivity index (χ2v) is 4.03. The summed E-state index contributed by atoms with van der Waals surface area (Å²) in [5.41, 5.74) is 0.366. The van der Waals surface area contributed by atoms with Crippen LogP contribution in [0.1, 0.15) is 16.1 Å². The quantitative estimate of drug-likeness (QED) is 0.833. The number of esters is 1. The van der Waals surface area contributed by atoms with Gasteiger partial charge in [0.1, 0.15) is 5.82 Å². The van der Waals surface area contributed by atoms with E-state index >= 15 is 0 Å². The van der Waals surface area contributed by atoms with Crippen molar-refractivity contribution in [2.45, 2.75) is 6.54 Å². The zero-order valence-corrected chi connectivity index (χ0v) is 11.0. The first kappa shape index (κ1) is 14.6. The normalized spacial score (nSPS) is 9.95. The van der Waals surface area contributed by atoms with Gasteiger partial charge in [-0.15, -0.1) is 0 Å². The van der Waals surface area contributed by atoms with Gasteiger partial charge in [-0.05, 0) is 6.07 Å². The third-order valence-electron chi connectivity index (χ3n) is 2.54. The largest absolute Gasteiger partial charge is 0.451 e. The Kier molecular flexibility index (Phi) is 4.92. The molecule has 1 amide bonds. The zero-order chi connectivity index (χ0) is 15.1. The molecule has 0 spiro atoms. The molecule has 6 nitrogen and oxygen atoms in total. The van der Waals surface area contributed by atoms with Gasteiger partial charge in [-0.2, -0.15) is 0 Å². The first-order valence-corrected chi connectivity index (χ1v) is 6.10. The van der Waals surface area contributed by atoms with Gasteiger partial charge in [0.05, 0.1) is 6.20 Å². The number of hydrogen-bond acceptors (Lipinski definition) is 5. The van der Waals surface area contributed by atoms with Crippen molar-refractivity contribution in [3.8, 4) is 0 Å². The average molecular weight is 289 g/mol. The Morgan fingerprint density at radius 3 is 2.76 bits per heavy atom. The van der Waals surface area contributed by atoms with Crippen molar-refractivity contribution >= 4 is 11.9 Å². The smallest absolute Gasteiger partial charge is 0.359 e. The first-order valence-electron chi connectivity index (χ1n) is 6.10. The summed E-state index contributed by atoms with van der Waals surface area (Å²) in [6.07, 6.45) is 3.99. The highest BCUT2D eigenvalue weighted by atomic mass is 19.1. The monoisotopic (exact) mass is 289 g/mol. The number of ether oxygens (including phenoxy) is 1. The Hall–Kier alpha value is -2.83. The maximum Gasteiger partial charge on any atom is 0.359 e. The molecule has 0 bridgehead atoms. The minimum atomic E-state index is -0.746. The van der Waals surface area contributed by atoms with Crippen molar-refractivity contribution < 1.29 is 18.7 Å². The van der Waals surface area contributed by atoms with Crippen LogP contribution in [0, 0.1) is 5.82 Å². The van der Waals surface area contributed by atoms with Gasteiger partial charge in [0, 0.05) is 24.5 Å². The molecule has 0 fully saturated rings. The number of carbonyl (C=O) groups excluding carboxylic acids is 2. The number of carbonyl (C=O) groups is 2. The van der Waals surface area contributed by atoms with E-state index in [1.165, 1.54) is 24.7 Å². The number of nitrogens with one attached hydrogen (secondary N) is 1. The summed E-state index contributed by atoms with van der Waals surface area (Å²) in [4.78, 5) is 30.5. The van der Waals surface area contributed by atoms with E-state index in [9.17, 15) is 14.0 Å². The summed E-state index contributed by atoms with van der Waals surface area (Å²) >= 11 is 0. The number of nitrogens with zero attached hydrogens (tertiary/aromatic N) is 2. The van der Waals surface area contributed by atoms with Gasteiger partial charge in [-0.25, -0.2) is 14.2 Å². The lowest BCUT2D eigenvalue weighted by molar-refractivity contribution is -0.124. The van der Waals surface area contributed by atoms with E-state index in [1.54, 1.807) is 18.2 Å². The van der Waals surface area contributed by atoms with Crippen LogP contribution in [0.5, 0.6) is 0 Å². The predicted octanol–water partition coefficient (Wildman–Crippen LogP) is 1.09. The molecule has 0 radical (unpaired) electrons. The van der Waals surface area contributed by atoms with Gasteiger partial charge in [-0.1, -0.05) is 18.2 Å². The Labute approximate surface area is 120 Å². The second-order valence-electron chi connectivity index (χ2n) is 4.03. The van der Waals surface area contributed by atoms with Crippen LogP contribution in [-0.2, 0) is 16.1 Å². The topological polar surface area (TPSA) is 81.2 Å². The molecule has 0 atom stereocenters. The Morgan fingerprint density at radius 2 is 2.05 bits per heavy atom. The summed E-state index contributed by atoms with van der Waals surface area (Å²) in [6.45, 7) is -0.446. The second kappa shape index (κ2) is 7.09. The summed E-state index contributed by atoms with van der Waals surface area (Å²) in [5, 5.41) is 2.45. The maximum absolute atomic E-state index is 13.3.